The molecule has 0 bridgehead atoms. The van der Waals surface area contributed by atoms with Crippen molar-refractivity contribution < 1.29 is 13.9 Å². The van der Waals surface area contributed by atoms with Gasteiger partial charge in [-0.25, -0.2) is 4.39 Å². The highest BCUT2D eigenvalue weighted by molar-refractivity contribution is 6.32. The molecule has 1 fully saturated rings. The van der Waals surface area contributed by atoms with E-state index in [-0.39, 0.29) is 5.91 Å². The van der Waals surface area contributed by atoms with E-state index in [1.807, 2.05) is 12.1 Å². The van der Waals surface area contributed by atoms with Crippen molar-refractivity contribution in [1.29, 1.82) is 0 Å². The lowest BCUT2D eigenvalue weighted by atomic mass is 10.1. The number of hydrogen-bond donors (Lipinski definition) is 0. The van der Waals surface area contributed by atoms with E-state index in [9.17, 15) is 9.18 Å². The summed E-state index contributed by atoms with van der Waals surface area (Å²) in [6.07, 6.45) is 1.61. The number of ether oxygens (including phenoxy) is 1. The van der Waals surface area contributed by atoms with Crippen LogP contribution in [0.25, 0.3) is 0 Å². The van der Waals surface area contributed by atoms with E-state index < -0.39 is 6.17 Å². The van der Waals surface area contributed by atoms with Crippen LogP contribution in [0.3, 0.4) is 0 Å². The van der Waals surface area contributed by atoms with Crippen molar-refractivity contribution in [2.24, 2.45) is 0 Å². The number of benzene rings is 1. The number of amides is 1. The van der Waals surface area contributed by atoms with Gasteiger partial charge in [0.05, 0.1) is 5.02 Å². The van der Waals surface area contributed by atoms with Gasteiger partial charge in [0.1, 0.15) is 24.2 Å². The van der Waals surface area contributed by atoms with Gasteiger partial charge in [0.15, 0.2) is 0 Å². The maximum absolute atomic E-state index is 13.2. The summed E-state index contributed by atoms with van der Waals surface area (Å²) in [5.41, 5.74) is 1.21. The second-order valence-corrected chi connectivity index (χ2v) is 6.14. The molecule has 3 rings (SSSR count). The molecule has 4 nitrogen and oxygen atoms in total. The van der Waals surface area contributed by atoms with E-state index in [2.05, 4.69) is 4.98 Å². The Hall–Kier alpha value is -2.14. The van der Waals surface area contributed by atoms with E-state index in [0.29, 0.717) is 49.0 Å². The molecule has 0 spiro atoms. The highest BCUT2D eigenvalue weighted by Gasteiger charge is 2.23. The van der Waals surface area contributed by atoms with Crippen molar-refractivity contribution in [3.63, 3.8) is 0 Å². The minimum Gasteiger partial charge on any atom is -0.487 e. The topological polar surface area (TPSA) is 42.4 Å². The van der Waals surface area contributed by atoms with Crippen LogP contribution in [0.2, 0.25) is 5.02 Å². The summed E-state index contributed by atoms with van der Waals surface area (Å²) < 4.78 is 18.8. The molecule has 1 aliphatic rings. The molecule has 0 saturated carbocycles. The van der Waals surface area contributed by atoms with Gasteiger partial charge in [0.25, 0.3) is 5.91 Å². The van der Waals surface area contributed by atoms with Crippen LogP contribution in [0, 0.1) is 0 Å². The number of carbonyl (C=O) groups excluding carboxylic acids is 1. The third-order valence-corrected chi connectivity index (χ3v) is 4.30. The van der Waals surface area contributed by atoms with Gasteiger partial charge < -0.3 is 9.64 Å². The summed E-state index contributed by atoms with van der Waals surface area (Å²) in [5.74, 6) is 0.453. The molecule has 0 unspecified atom stereocenters. The standard InChI is InChI=1S/C18H18ClFN2O2/c19-15-3-1-2-4-17(15)24-12-13-5-6-16(21-11-13)18(23)22-9-7-14(20)8-10-22/h1-6,11,14H,7-10,12H2. The fraction of sp³-hybridized carbons (Fsp3) is 0.333. The molecule has 2 heterocycles. The van der Waals surface area contributed by atoms with Crippen molar-refractivity contribution in [2.45, 2.75) is 25.6 Å². The van der Waals surface area contributed by atoms with E-state index in [1.54, 1.807) is 35.4 Å². The highest BCUT2D eigenvalue weighted by atomic mass is 35.5. The Labute approximate surface area is 145 Å². The second kappa shape index (κ2) is 7.62. The molecule has 1 aromatic heterocycles. The van der Waals surface area contributed by atoms with Crippen LogP contribution in [0.4, 0.5) is 4.39 Å². The Kier molecular flexibility index (Phi) is 5.30. The number of alkyl halides is 1. The normalized spacial score (nSPS) is 15.3. The van der Waals surface area contributed by atoms with Gasteiger partial charge in [-0.1, -0.05) is 29.8 Å². The molecule has 6 heteroatoms. The number of likely N-dealkylation sites (tertiary alicyclic amines) is 1. The number of carbonyl (C=O) groups is 1. The average molecular weight is 349 g/mol. The molecule has 1 amide bonds. The number of halogens is 2. The molecule has 0 aliphatic carbocycles. The molecule has 1 aromatic carbocycles. The molecule has 0 N–H and O–H groups in total. The molecule has 1 aliphatic heterocycles. The van der Waals surface area contributed by atoms with E-state index in [0.717, 1.165) is 5.56 Å². The summed E-state index contributed by atoms with van der Waals surface area (Å²) in [6, 6.07) is 10.7. The van der Waals surface area contributed by atoms with Crippen molar-refractivity contribution in [3.05, 3.63) is 58.9 Å². The predicted molar refractivity (Wildman–Crippen MR) is 90.1 cm³/mol. The number of rotatable bonds is 4. The SMILES string of the molecule is O=C(c1ccc(COc2ccccc2Cl)cn1)N1CCC(F)CC1. The van der Waals surface area contributed by atoms with Gasteiger partial charge in [-0.3, -0.25) is 9.78 Å². The van der Waals surface area contributed by atoms with Crippen LogP contribution >= 0.6 is 11.6 Å². The van der Waals surface area contributed by atoms with Crippen LogP contribution in [-0.2, 0) is 6.61 Å². The first kappa shape index (κ1) is 16.7. The molecular formula is C18H18ClFN2O2. The van der Waals surface area contributed by atoms with Crippen LogP contribution in [0.1, 0.15) is 28.9 Å². The Balaban J connectivity index is 1.59. The van der Waals surface area contributed by atoms with Gasteiger partial charge in [-0.05, 0) is 31.0 Å². The Morgan fingerprint density at radius 1 is 1.25 bits per heavy atom. The first-order chi connectivity index (χ1) is 11.6. The van der Waals surface area contributed by atoms with Crippen LogP contribution in [0.5, 0.6) is 5.75 Å². The molecule has 126 valence electrons. The molecule has 0 atom stereocenters. The van der Waals surface area contributed by atoms with Crippen LogP contribution in [-0.4, -0.2) is 35.1 Å². The lowest BCUT2D eigenvalue weighted by Crippen LogP contribution is -2.39. The van der Waals surface area contributed by atoms with Crippen LogP contribution in [0.15, 0.2) is 42.6 Å². The number of nitrogens with zero attached hydrogens (tertiary/aromatic N) is 2. The molecular weight excluding hydrogens is 331 g/mol. The number of aromatic nitrogens is 1. The van der Waals surface area contributed by atoms with Crippen molar-refractivity contribution in [3.8, 4) is 5.75 Å². The first-order valence-corrected chi connectivity index (χ1v) is 8.27. The zero-order valence-electron chi connectivity index (χ0n) is 13.1. The monoisotopic (exact) mass is 348 g/mol. The minimum atomic E-state index is -0.800. The number of para-hydroxylation sites is 1. The molecule has 1 saturated heterocycles. The van der Waals surface area contributed by atoms with E-state index >= 15 is 0 Å². The van der Waals surface area contributed by atoms with Gasteiger partial charge in [-0.2, -0.15) is 0 Å². The zero-order valence-corrected chi connectivity index (χ0v) is 13.9. The quantitative estimate of drug-likeness (QED) is 0.841. The predicted octanol–water partition coefficient (Wildman–Crippen LogP) is 3.89. The van der Waals surface area contributed by atoms with Gasteiger partial charge in [-0.15, -0.1) is 0 Å². The second-order valence-electron chi connectivity index (χ2n) is 5.74. The summed E-state index contributed by atoms with van der Waals surface area (Å²) in [6.45, 7) is 1.20. The smallest absolute Gasteiger partial charge is 0.272 e. The fourth-order valence-electron chi connectivity index (χ4n) is 2.57. The molecule has 0 radical (unpaired) electrons. The van der Waals surface area contributed by atoms with Crippen molar-refractivity contribution >= 4 is 17.5 Å². The van der Waals surface area contributed by atoms with Crippen LogP contribution < -0.4 is 4.74 Å². The van der Waals surface area contributed by atoms with Gasteiger partial charge >= 0.3 is 0 Å². The fourth-order valence-corrected chi connectivity index (χ4v) is 2.76. The maximum Gasteiger partial charge on any atom is 0.272 e. The summed E-state index contributed by atoms with van der Waals surface area (Å²) in [7, 11) is 0. The first-order valence-electron chi connectivity index (χ1n) is 7.89. The largest absolute Gasteiger partial charge is 0.487 e. The number of piperidine rings is 1. The van der Waals surface area contributed by atoms with Crippen molar-refractivity contribution in [1.82, 2.24) is 9.88 Å². The average Bonchev–Trinajstić information content (AvgIpc) is 2.62. The lowest BCUT2D eigenvalue weighted by molar-refractivity contribution is 0.0661. The Morgan fingerprint density at radius 2 is 2.00 bits per heavy atom. The number of hydrogen-bond acceptors (Lipinski definition) is 3. The molecule has 2 aromatic rings. The minimum absolute atomic E-state index is 0.152. The van der Waals surface area contributed by atoms with E-state index in [4.69, 9.17) is 16.3 Å². The Bertz CT molecular complexity index is 700. The third kappa shape index (κ3) is 4.03. The van der Waals surface area contributed by atoms with Gasteiger partial charge in [0.2, 0.25) is 0 Å². The Morgan fingerprint density at radius 3 is 2.67 bits per heavy atom. The summed E-state index contributed by atoms with van der Waals surface area (Å²) >= 11 is 6.04. The summed E-state index contributed by atoms with van der Waals surface area (Å²) in [4.78, 5) is 18.2. The number of pyridine rings is 1. The third-order valence-electron chi connectivity index (χ3n) is 3.99. The van der Waals surface area contributed by atoms with E-state index in [1.165, 1.54) is 0 Å². The zero-order chi connectivity index (χ0) is 16.9. The highest BCUT2D eigenvalue weighted by Crippen LogP contribution is 2.24. The molecule has 24 heavy (non-hydrogen) atoms. The van der Waals surface area contributed by atoms with Gasteiger partial charge in [0, 0.05) is 24.8 Å². The van der Waals surface area contributed by atoms with Crippen molar-refractivity contribution in [2.75, 3.05) is 13.1 Å². The lowest BCUT2D eigenvalue weighted by Gasteiger charge is -2.28. The maximum atomic E-state index is 13.2. The summed E-state index contributed by atoms with van der Waals surface area (Å²) in [5, 5.41) is 0.550.